The number of hydrogen-bond donors (Lipinski definition) is 0. The second-order valence-corrected chi connectivity index (χ2v) is 3.79. The summed E-state index contributed by atoms with van der Waals surface area (Å²) in [6.45, 7) is 0. The molecule has 0 aromatic rings. The molecule has 2 heteroatoms. The van der Waals surface area contributed by atoms with Crippen molar-refractivity contribution in [3.8, 4) is 0 Å². The van der Waals surface area contributed by atoms with Crippen LogP contribution in [0.15, 0.2) is 4.99 Å². The molecule has 2 fully saturated rings. The quantitative estimate of drug-likeness (QED) is 0.438. The van der Waals surface area contributed by atoms with Gasteiger partial charge in [-0.3, -0.25) is 0 Å². The van der Waals surface area contributed by atoms with Crippen molar-refractivity contribution in [2.45, 2.75) is 44.1 Å². The number of rotatable bonds is 2. The van der Waals surface area contributed by atoms with E-state index in [0.717, 1.165) is 12.8 Å². The Bertz CT molecular complexity index is 196. The first kappa shape index (κ1) is 7.05. The molecule has 2 saturated carbocycles. The summed E-state index contributed by atoms with van der Waals surface area (Å²) in [5, 5.41) is 0. The zero-order chi connectivity index (χ0) is 7.73. The average Bonchev–Trinajstić information content (AvgIpc) is 2.63. The first-order valence-electron chi connectivity index (χ1n) is 4.46. The summed E-state index contributed by atoms with van der Waals surface area (Å²) in [7, 11) is 0. The predicted molar refractivity (Wildman–Crippen MR) is 42.0 cm³/mol. The van der Waals surface area contributed by atoms with E-state index in [2.05, 4.69) is 4.99 Å². The molecule has 0 aromatic heterocycles. The molecule has 0 unspecified atom stereocenters. The van der Waals surface area contributed by atoms with Crippen LogP contribution in [0, 0.1) is 5.92 Å². The van der Waals surface area contributed by atoms with Crippen molar-refractivity contribution in [2.24, 2.45) is 10.9 Å². The highest BCUT2D eigenvalue weighted by Gasteiger charge is 2.50. The Kier molecular flexibility index (Phi) is 1.57. The second kappa shape index (κ2) is 2.46. The van der Waals surface area contributed by atoms with E-state index in [1.165, 1.54) is 25.7 Å². The number of carbonyl (C=O) groups excluding carboxylic acids is 1. The van der Waals surface area contributed by atoms with Crippen LogP contribution in [-0.4, -0.2) is 11.6 Å². The molecule has 0 atom stereocenters. The van der Waals surface area contributed by atoms with Crippen LogP contribution in [-0.2, 0) is 4.79 Å². The number of nitrogens with zero attached hydrogens (tertiary/aromatic N) is 1. The monoisotopic (exact) mass is 151 g/mol. The molecule has 0 saturated heterocycles. The van der Waals surface area contributed by atoms with Gasteiger partial charge in [-0.25, -0.2) is 4.79 Å². The minimum Gasteiger partial charge on any atom is -0.211 e. The van der Waals surface area contributed by atoms with Gasteiger partial charge in [-0.05, 0) is 31.6 Å². The van der Waals surface area contributed by atoms with Gasteiger partial charge in [0, 0.05) is 0 Å². The lowest BCUT2D eigenvalue weighted by Crippen LogP contribution is -2.16. The summed E-state index contributed by atoms with van der Waals surface area (Å²) in [6, 6.07) is 0. The molecule has 2 rings (SSSR count). The van der Waals surface area contributed by atoms with Crippen molar-refractivity contribution >= 4 is 6.08 Å². The topological polar surface area (TPSA) is 29.4 Å². The minimum absolute atomic E-state index is 0.0816. The molecule has 0 aliphatic heterocycles. The van der Waals surface area contributed by atoms with Gasteiger partial charge in [0.15, 0.2) is 0 Å². The normalized spacial score (nSPS) is 28.0. The van der Waals surface area contributed by atoms with Crippen molar-refractivity contribution in [1.29, 1.82) is 0 Å². The highest BCUT2D eigenvalue weighted by molar-refractivity contribution is 5.37. The van der Waals surface area contributed by atoms with E-state index in [4.69, 9.17) is 0 Å². The van der Waals surface area contributed by atoms with Crippen molar-refractivity contribution in [2.75, 3.05) is 0 Å². The molecule has 0 spiro atoms. The highest BCUT2D eigenvalue weighted by Crippen LogP contribution is 2.51. The fourth-order valence-corrected chi connectivity index (χ4v) is 2.29. The van der Waals surface area contributed by atoms with E-state index in [1.807, 2.05) is 0 Å². The molecule has 0 bridgehead atoms. The highest BCUT2D eigenvalue weighted by atomic mass is 16.1. The minimum atomic E-state index is 0.0816. The molecule has 11 heavy (non-hydrogen) atoms. The molecule has 2 aliphatic carbocycles. The van der Waals surface area contributed by atoms with Crippen molar-refractivity contribution in [3.05, 3.63) is 0 Å². The Balaban J connectivity index is 2.07. The second-order valence-electron chi connectivity index (χ2n) is 3.79. The zero-order valence-electron chi connectivity index (χ0n) is 6.68. The lowest BCUT2D eigenvalue weighted by Gasteiger charge is -2.14. The first-order valence-corrected chi connectivity index (χ1v) is 4.46. The molecule has 0 radical (unpaired) electrons. The maximum absolute atomic E-state index is 10.1. The van der Waals surface area contributed by atoms with Crippen LogP contribution in [0.3, 0.4) is 0 Å². The van der Waals surface area contributed by atoms with Gasteiger partial charge in [-0.15, -0.1) is 0 Å². The smallest absolute Gasteiger partial charge is 0.211 e. The van der Waals surface area contributed by atoms with Gasteiger partial charge in [0.2, 0.25) is 6.08 Å². The summed E-state index contributed by atoms with van der Waals surface area (Å²) < 4.78 is 0. The van der Waals surface area contributed by atoms with E-state index in [0.29, 0.717) is 5.92 Å². The van der Waals surface area contributed by atoms with E-state index >= 15 is 0 Å². The van der Waals surface area contributed by atoms with Crippen LogP contribution >= 0.6 is 0 Å². The Morgan fingerprint density at radius 2 is 1.91 bits per heavy atom. The number of hydrogen-bond acceptors (Lipinski definition) is 2. The third-order valence-electron chi connectivity index (χ3n) is 3.15. The van der Waals surface area contributed by atoms with E-state index in [-0.39, 0.29) is 5.54 Å². The molecular formula is C9H13NO. The van der Waals surface area contributed by atoms with E-state index in [9.17, 15) is 4.79 Å². The molecule has 0 heterocycles. The lowest BCUT2D eigenvalue weighted by atomic mass is 9.96. The third kappa shape index (κ3) is 1.12. The zero-order valence-corrected chi connectivity index (χ0v) is 6.68. The SMILES string of the molecule is O=C=NC1(C2CCCC2)CC1. The van der Waals surface area contributed by atoms with Gasteiger partial charge < -0.3 is 0 Å². The summed E-state index contributed by atoms with van der Waals surface area (Å²) in [6.07, 6.45) is 9.22. The van der Waals surface area contributed by atoms with Gasteiger partial charge in [-0.2, -0.15) is 4.99 Å². The maximum Gasteiger partial charge on any atom is 0.235 e. The van der Waals surface area contributed by atoms with Crippen LogP contribution in [0.25, 0.3) is 0 Å². The fraction of sp³-hybridized carbons (Fsp3) is 0.889. The molecule has 2 nitrogen and oxygen atoms in total. The van der Waals surface area contributed by atoms with Gasteiger partial charge in [-0.1, -0.05) is 12.8 Å². The van der Waals surface area contributed by atoms with Gasteiger partial charge in [0.1, 0.15) is 0 Å². The Hall–Kier alpha value is -0.620. The summed E-state index contributed by atoms with van der Waals surface area (Å²) in [4.78, 5) is 14.1. The van der Waals surface area contributed by atoms with Crippen molar-refractivity contribution in [1.82, 2.24) is 0 Å². The Labute approximate surface area is 66.7 Å². The van der Waals surface area contributed by atoms with Gasteiger partial charge in [0.05, 0.1) is 5.54 Å². The molecule has 0 amide bonds. The molecule has 2 aliphatic rings. The molecule has 0 aromatic carbocycles. The number of aliphatic imine (C=N–C) groups is 1. The van der Waals surface area contributed by atoms with Crippen LogP contribution in [0.4, 0.5) is 0 Å². The molecular weight excluding hydrogens is 138 g/mol. The van der Waals surface area contributed by atoms with Crippen LogP contribution in [0.2, 0.25) is 0 Å². The van der Waals surface area contributed by atoms with Gasteiger partial charge >= 0.3 is 0 Å². The van der Waals surface area contributed by atoms with E-state index in [1.54, 1.807) is 6.08 Å². The Morgan fingerprint density at radius 3 is 2.36 bits per heavy atom. The van der Waals surface area contributed by atoms with Crippen LogP contribution < -0.4 is 0 Å². The predicted octanol–water partition coefficient (Wildman–Crippen LogP) is 2.04. The van der Waals surface area contributed by atoms with Crippen LogP contribution in [0.5, 0.6) is 0 Å². The average molecular weight is 151 g/mol. The van der Waals surface area contributed by atoms with Crippen LogP contribution in [0.1, 0.15) is 38.5 Å². The van der Waals surface area contributed by atoms with Gasteiger partial charge in [0.25, 0.3) is 0 Å². The lowest BCUT2D eigenvalue weighted by molar-refractivity contribution is 0.414. The standard InChI is InChI=1S/C9H13NO/c11-7-10-9(5-6-9)8-3-1-2-4-8/h8H,1-6H2. The summed E-state index contributed by atoms with van der Waals surface area (Å²) >= 11 is 0. The molecule has 0 N–H and O–H groups in total. The first-order chi connectivity index (χ1) is 5.37. The Morgan fingerprint density at radius 1 is 1.27 bits per heavy atom. The summed E-state index contributed by atoms with van der Waals surface area (Å²) in [5.41, 5.74) is 0.0816. The van der Waals surface area contributed by atoms with E-state index < -0.39 is 0 Å². The maximum atomic E-state index is 10.1. The molecule has 60 valence electrons. The van der Waals surface area contributed by atoms with Crippen molar-refractivity contribution in [3.63, 3.8) is 0 Å². The fourth-order valence-electron chi connectivity index (χ4n) is 2.29. The van der Waals surface area contributed by atoms with Crippen molar-refractivity contribution < 1.29 is 4.79 Å². The summed E-state index contributed by atoms with van der Waals surface area (Å²) in [5.74, 6) is 0.712. The third-order valence-corrected chi connectivity index (χ3v) is 3.15. The largest absolute Gasteiger partial charge is 0.235 e. The number of isocyanates is 1.